The number of aromatic amines is 2. The Balaban J connectivity index is 2.07. The Hall–Kier alpha value is -1.79. The molecular formula is C12H10N4S2. The minimum Gasteiger partial charge on any atom is -0.282 e. The minimum atomic E-state index is 0.451. The topological polar surface area (TPSA) is 57.4 Å². The Morgan fingerprint density at radius 1 is 1.17 bits per heavy atom. The minimum absolute atomic E-state index is 0.451. The van der Waals surface area contributed by atoms with Crippen LogP contribution < -0.4 is 0 Å². The fourth-order valence-corrected chi connectivity index (χ4v) is 2.61. The van der Waals surface area contributed by atoms with Gasteiger partial charge in [0.15, 0.2) is 5.82 Å². The fourth-order valence-electron chi connectivity index (χ4n) is 1.77. The Kier molecular flexibility index (Phi) is 2.81. The van der Waals surface area contributed by atoms with E-state index in [-0.39, 0.29) is 0 Å². The number of hydrogen-bond acceptors (Lipinski definition) is 4. The molecule has 0 fully saturated rings. The number of aryl methyl sites for hydroxylation is 1. The zero-order chi connectivity index (χ0) is 12.5. The molecule has 0 saturated heterocycles. The lowest BCUT2D eigenvalue weighted by atomic mass is 10.1. The highest BCUT2D eigenvalue weighted by molar-refractivity contribution is 7.71. The van der Waals surface area contributed by atoms with Gasteiger partial charge in [-0.1, -0.05) is 6.07 Å². The number of thiophene rings is 1. The van der Waals surface area contributed by atoms with Crippen molar-refractivity contribution in [2.75, 3.05) is 0 Å². The summed E-state index contributed by atoms with van der Waals surface area (Å²) in [6.07, 6.45) is 0. The van der Waals surface area contributed by atoms with Gasteiger partial charge >= 0.3 is 0 Å². The highest BCUT2D eigenvalue weighted by atomic mass is 32.1. The average molecular weight is 274 g/mol. The van der Waals surface area contributed by atoms with Crippen LogP contribution in [-0.2, 0) is 0 Å². The number of aromatic nitrogens is 4. The molecule has 0 aliphatic rings. The summed E-state index contributed by atoms with van der Waals surface area (Å²) >= 11 is 6.63. The van der Waals surface area contributed by atoms with Crippen molar-refractivity contribution in [3.05, 3.63) is 40.1 Å². The van der Waals surface area contributed by atoms with Crippen molar-refractivity contribution in [3.8, 4) is 22.0 Å². The Labute approximate surface area is 113 Å². The number of nitrogens with one attached hydrogen (secondary N) is 2. The summed E-state index contributed by atoms with van der Waals surface area (Å²) in [5.41, 5.74) is 2.88. The maximum Gasteiger partial charge on any atom is 0.213 e. The Morgan fingerprint density at radius 2 is 2.06 bits per heavy atom. The molecule has 0 aliphatic carbocycles. The molecule has 90 valence electrons. The van der Waals surface area contributed by atoms with E-state index in [2.05, 4.69) is 26.2 Å². The lowest BCUT2D eigenvalue weighted by Crippen LogP contribution is -1.91. The first-order valence-electron chi connectivity index (χ1n) is 5.40. The number of rotatable bonds is 2. The molecule has 0 spiro atoms. The molecule has 3 aromatic heterocycles. The summed E-state index contributed by atoms with van der Waals surface area (Å²) in [6, 6.07) is 8.10. The maximum absolute atomic E-state index is 4.95. The molecular weight excluding hydrogens is 264 g/mol. The van der Waals surface area contributed by atoms with E-state index in [0.29, 0.717) is 4.77 Å². The Morgan fingerprint density at radius 3 is 2.67 bits per heavy atom. The van der Waals surface area contributed by atoms with Gasteiger partial charge in [0, 0.05) is 11.3 Å². The first kappa shape index (κ1) is 11.3. The molecule has 0 amide bonds. The van der Waals surface area contributed by atoms with Crippen molar-refractivity contribution in [1.29, 1.82) is 0 Å². The lowest BCUT2D eigenvalue weighted by molar-refractivity contribution is 1.08. The van der Waals surface area contributed by atoms with E-state index in [1.807, 2.05) is 30.5 Å². The number of hydrogen-bond donors (Lipinski definition) is 2. The third kappa shape index (κ3) is 2.00. The third-order valence-electron chi connectivity index (χ3n) is 2.62. The summed E-state index contributed by atoms with van der Waals surface area (Å²) < 4.78 is 0.451. The first-order valence-corrected chi connectivity index (χ1v) is 6.69. The molecule has 4 nitrogen and oxygen atoms in total. The standard InChI is InChI=1S/C12H10N4S2/c1-7-8(11-14-12(17)16-15-11)4-5-9(13-7)10-3-2-6-18-10/h2-6H,1H3,(H2,14,15,16,17). The normalized spacial score (nSPS) is 10.7. The van der Waals surface area contributed by atoms with Crippen LogP contribution in [0.3, 0.4) is 0 Å². The molecule has 3 heterocycles. The predicted octanol–water partition coefficient (Wildman–Crippen LogP) is 3.57. The molecule has 0 atom stereocenters. The molecule has 2 N–H and O–H groups in total. The second kappa shape index (κ2) is 4.47. The monoisotopic (exact) mass is 274 g/mol. The summed E-state index contributed by atoms with van der Waals surface area (Å²) in [6.45, 7) is 1.97. The van der Waals surface area contributed by atoms with Crippen molar-refractivity contribution in [2.24, 2.45) is 0 Å². The summed E-state index contributed by atoms with van der Waals surface area (Å²) in [4.78, 5) is 9.97. The van der Waals surface area contributed by atoms with Gasteiger partial charge in [0.2, 0.25) is 4.77 Å². The predicted molar refractivity (Wildman–Crippen MR) is 75.1 cm³/mol. The molecule has 18 heavy (non-hydrogen) atoms. The van der Waals surface area contributed by atoms with Crippen LogP contribution in [0.15, 0.2) is 29.6 Å². The molecule has 0 radical (unpaired) electrons. The van der Waals surface area contributed by atoms with Crippen molar-refractivity contribution in [3.63, 3.8) is 0 Å². The van der Waals surface area contributed by atoms with E-state index in [1.165, 1.54) is 4.88 Å². The fraction of sp³-hybridized carbons (Fsp3) is 0.0833. The van der Waals surface area contributed by atoms with Crippen LogP contribution in [0.2, 0.25) is 0 Å². The molecule has 0 aromatic carbocycles. The summed E-state index contributed by atoms with van der Waals surface area (Å²) in [5.74, 6) is 0.725. The van der Waals surface area contributed by atoms with E-state index >= 15 is 0 Å². The third-order valence-corrected chi connectivity index (χ3v) is 3.70. The van der Waals surface area contributed by atoms with Gasteiger partial charge in [-0.3, -0.25) is 15.2 Å². The molecule has 0 unspecified atom stereocenters. The highest BCUT2D eigenvalue weighted by Crippen LogP contribution is 2.26. The van der Waals surface area contributed by atoms with Crippen LogP contribution in [0.25, 0.3) is 22.0 Å². The molecule has 0 saturated carbocycles. The quantitative estimate of drug-likeness (QED) is 0.702. The van der Waals surface area contributed by atoms with Gasteiger partial charge in [-0.25, -0.2) is 0 Å². The van der Waals surface area contributed by atoms with E-state index in [9.17, 15) is 0 Å². The van der Waals surface area contributed by atoms with Crippen molar-refractivity contribution in [2.45, 2.75) is 6.92 Å². The summed E-state index contributed by atoms with van der Waals surface area (Å²) in [5, 5.41) is 7.78. The second-order valence-corrected chi connectivity index (χ2v) is 5.16. The van der Waals surface area contributed by atoms with E-state index in [1.54, 1.807) is 11.3 Å². The van der Waals surface area contributed by atoms with E-state index in [0.717, 1.165) is 22.8 Å². The second-order valence-electron chi connectivity index (χ2n) is 3.82. The first-order chi connectivity index (χ1) is 8.74. The van der Waals surface area contributed by atoms with E-state index in [4.69, 9.17) is 12.2 Å². The van der Waals surface area contributed by atoms with Crippen LogP contribution >= 0.6 is 23.6 Å². The zero-order valence-electron chi connectivity index (χ0n) is 9.60. The van der Waals surface area contributed by atoms with Gasteiger partial charge in [-0.15, -0.1) is 11.3 Å². The van der Waals surface area contributed by atoms with Gasteiger partial charge < -0.3 is 0 Å². The van der Waals surface area contributed by atoms with Gasteiger partial charge in [0.05, 0.1) is 10.6 Å². The summed E-state index contributed by atoms with van der Waals surface area (Å²) in [7, 11) is 0. The van der Waals surface area contributed by atoms with Crippen LogP contribution in [-0.4, -0.2) is 20.2 Å². The molecule has 6 heteroatoms. The van der Waals surface area contributed by atoms with Crippen molar-refractivity contribution >= 4 is 23.6 Å². The van der Waals surface area contributed by atoms with Gasteiger partial charge in [-0.05, 0) is 42.7 Å². The molecule has 0 aliphatic heterocycles. The van der Waals surface area contributed by atoms with Crippen LogP contribution in [0, 0.1) is 11.7 Å². The molecule has 3 rings (SSSR count). The molecule has 3 aromatic rings. The SMILES string of the molecule is Cc1nc(-c2cccs2)ccc1-c1nc(=S)[nH][nH]1. The van der Waals surface area contributed by atoms with E-state index < -0.39 is 0 Å². The van der Waals surface area contributed by atoms with Crippen LogP contribution in [0.1, 0.15) is 5.69 Å². The number of H-pyrrole nitrogens is 2. The lowest BCUT2D eigenvalue weighted by Gasteiger charge is -2.03. The van der Waals surface area contributed by atoms with Gasteiger partial charge in [0.1, 0.15) is 0 Å². The average Bonchev–Trinajstić information content (AvgIpc) is 2.99. The smallest absolute Gasteiger partial charge is 0.213 e. The number of nitrogens with zero attached hydrogens (tertiary/aromatic N) is 2. The zero-order valence-corrected chi connectivity index (χ0v) is 11.2. The van der Waals surface area contributed by atoms with Crippen molar-refractivity contribution < 1.29 is 0 Å². The largest absolute Gasteiger partial charge is 0.282 e. The number of pyridine rings is 1. The maximum atomic E-state index is 4.95. The highest BCUT2D eigenvalue weighted by Gasteiger charge is 2.08. The van der Waals surface area contributed by atoms with Crippen LogP contribution in [0.5, 0.6) is 0 Å². The van der Waals surface area contributed by atoms with Gasteiger partial charge in [0.25, 0.3) is 0 Å². The van der Waals surface area contributed by atoms with Crippen molar-refractivity contribution in [1.82, 2.24) is 20.2 Å². The Bertz CT molecular complexity index is 725. The van der Waals surface area contributed by atoms with Gasteiger partial charge in [-0.2, -0.15) is 4.98 Å². The van der Waals surface area contributed by atoms with Crippen LogP contribution in [0.4, 0.5) is 0 Å². The molecule has 0 bridgehead atoms.